The molecule has 1 atom stereocenters. The Hall–Kier alpha value is -0.520. The number of hydrogen-bond acceptors (Lipinski definition) is 2. The van der Waals surface area contributed by atoms with Crippen molar-refractivity contribution in [3.05, 3.63) is 0 Å². The lowest BCUT2D eigenvalue weighted by atomic mass is 10.2. The molecule has 0 radical (unpaired) electrons. The van der Waals surface area contributed by atoms with Gasteiger partial charge < -0.3 is 9.84 Å². The van der Waals surface area contributed by atoms with Crippen LogP contribution < -0.4 is 0 Å². The summed E-state index contributed by atoms with van der Waals surface area (Å²) in [5.41, 5.74) is 0. The Morgan fingerprint density at radius 2 is 2.40 bits per heavy atom. The third-order valence-corrected chi connectivity index (χ3v) is 1.22. The highest BCUT2D eigenvalue weighted by Gasteiger charge is 2.03. The summed E-state index contributed by atoms with van der Waals surface area (Å²) in [6.07, 6.45) is 6.79. The van der Waals surface area contributed by atoms with Gasteiger partial charge in [0.2, 0.25) is 0 Å². The molecule has 0 bridgehead atoms. The zero-order valence-electron chi connectivity index (χ0n) is 6.34. The number of hydrogen-bond donors (Lipinski definition) is 1. The molecule has 0 aliphatic rings. The summed E-state index contributed by atoms with van der Waals surface area (Å²) >= 11 is 0. The van der Waals surface area contributed by atoms with E-state index in [1.807, 2.05) is 6.92 Å². The maximum Gasteiger partial charge on any atom is 0.107 e. The Labute approximate surface area is 62.2 Å². The molecular formula is C8H14O2. The van der Waals surface area contributed by atoms with Gasteiger partial charge in [-0.1, -0.05) is 19.3 Å². The average molecular weight is 142 g/mol. The molecular weight excluding hydrogens is 128 g/mol. The maximum atomic E-state index is 8.69. The molecule has 0 aromatic heterocycles. The molecule has 0 saturated heterocycles. The lowest BCUT2D eigenvalue weighted by Gasteiger charge is -2.11. The van der Waals surface area contributed by atoms with Gasteiger partial charge in [-0.15, -0.1) is 6.42 Å². The molecule has 0 rings (SSSR count). The fourth-order valence-corrected chi connectivity index (χ4v) is 0.715. The van der Waals surface area contributed by atoms with Crippen LogP contribution in [0.3, 0.4) is 0 Å². The topological polar surface area (TPSA) is 29.5 Å². The Morgan fingerprint density at radius 3 is 2.80 bits per heavy atom. The zero-order valence-corrected chi connectivity index (χ0v) is 6.34. The fourth-order valence-electron chi connectivity index (χ4n) is 0.715. The largest absolute Gasteiger partial charge is 0.394 e. The summed E-state index contributed by atoms with van der Waals surface area (Å²) in [6.45, 7) is 2.41. The van der Waals surface area contributed by atoms with Crippen LogP contribution in [0.2, 0.25) is 0 Å². The van der Waals surface area contributed by atoms with Crippen molar-refractivity contribution in [2.45, 2.75) is 25.9 Å². The van der Waals surface area contributed by atoms with Gasteiger partial charge in [0.1, 0.15) is 6.61 Å². The van der Waals surface area contributed by atoms with Gasteiger partial charge in [0.05, 0.1) is 12.7 Å². The molecule has 0 amide bonds. The van der Waals surface area contributed by atoms with Gasteiger partial charge in [-0.2, -0.15) is 0 Å². The summed E-state index contributed by atoms with van der Waals surface area (Å²) in [7, 11) is 0. The monoisotopic (exact) mass is 142 g/mol. The number of aliphatic hydroxyl groups is 1. The molecule has 0 aromatic rings. The van der Waals surface area contributed by atoms with Crippen LogP contribution in [-0.2, 0) is 4.74 Å². The number of rotatable bonds is 5. The van der Waals surface area contributed by atoms with E-state index in [2.05, 4.69) is 5.92 Å². The van der Waals surface area contributed by atoms with E-state index in [0.717, 1.165) is 12.8 Å². The van der Waals surface area contributed by atoms with E-state index in [0.29, 0.717) is 6.61 Å². The third kappa shape index (κ3) is 4.37. The van der Waals surface area contributed by atoms with E-state index in [4.69, 9.17) is 16.3 Å². The lowest BCUT2D eigenvalue weighted by molar-refractivity contribution is 0.0254. The molecule has 0 saturated carbocycles. The van der Waals surface area contributed by atoms with Crippen molar-refractivity contribution < 1.29 is 9.84 Å². The second-order valence-electron chi connectivity index (χ2n) is 2.11. The maximum absolute atomic E-state index is 8.69. The van der Waals surface area contributed by atoms with Crippen LogP contribution in [0, 0.1) is 12.3 Å². The van der Waals surface area contributed by atoms with Gasteiger partial charge >= 0.3 is 0 Å². The normalized spacial score (nSPS) is 12.5. The highest BCUT2D eigenvalue weighted by molar-refractivity contribution is 4.83. The quantitative estimate of drug-likeness (QED) is 0.575. The average Bonchev–Trinajstić information content (AvgIpc) is 1.98. The Balaban J connectivity index is 3.32. The molecule has 0 spiro atoms. The Kier molecular flexibility index (Phi) is 6.25. The zero-order chi connectivity index (χ0) is 7.82. The second kappa shape index (κ2) is 6.60. The predicted molar refractivity (Wildman–Crippen MR) is 40.6 cm³/mol. The minimum Gasteiger partial charge on any atom is -0.394 e. The van der Waals surface area contributed by atoms with Crippen molar-refractivity contribution >= 4 is 0 Å². The predicted octanol–water partition coefficient (Wildman–Crippen LogP) is 0.797. The molecule has 1 unspecified atom stereocenters. The standard InChI is InChI=1S/C8H14O2/c1-3-5-8(7-9)10-6-4-2/h2,8-9H,3,5-7H2,1H3. The lowest BCUT2D eigenvalue weighted by Crippen LogP contribution is -2.17. The van der Waals surface area contributed by atoms with Crippen LogP contribution in [0.1, 0.15) is 19.8 Å². The van der Waals surface area contributed by atoms with Crippen molar-refractivity contribution in [3.8, 4) is 12.3 Å². The van der Waals surface area contributed by atoms with Crippen molar-refractivity contribution in [3.63, 3.8) is 0 Å². The van der Waals surface area contributed by atoms with E-state index in [9.17, 15) is 0 Å². The van der Waals surface area contributed by atoms with Crippen LogP contribution >= 0.6 is 0 Å². The Morgan fingerprint density at radius 1 is 1.70 bits per heavy atom. The van der Waals surface area contributed by atoms with Crippen molar-refractivity contribution in [2.24, 2.45) is 0 Å². The highest BCUT2D eigenvalue weighted by Crippen LogP contribution is 1.99. The van der Waals surface area contributed by atoms with E-state index in [1.165, 1.54) is 0 Å². The van der Waals surface area contributed by atoms with E-state index in [1.54, 1.807) is 0 Å². The molecule has 10 heavy (non-hydrogen) atoms. The molecule has 0 aliphatic carbocycles. The van der Waals surface area contributed by atoms with Gasteiger partial charge in [-0.3, -0.25) is 0 Å². The van der Waals surface area contributed by atoms with Crippen LogP contribution in [-0.4, -0.2) is 24.4 Å². The van der Waals surface area contributed by atoms with Gasteiger partial charge in [0.15, 0.2) is 0 Å². The minimum atomic E-state index is -0.0685. The first kappa shape index (κ1) is 9.48. The molecule has 58 valence electrons. The van der Waals surface area contributed by atoms with E-state index in [-0.39, 0.29) is 12.7 Å². The molecule has 1 N–H and O–H groups in total. The first-order valence-corrected chi connectivity index (χ1v) is 3.51. The summed E-state index contributed by atoms with van der Waals surface area (Å²) in [5, 5.41) is 8.69. The second-order valence-corrected chi connectivity index (χ2v) is 2.11. The van der Waals surface area contributed by atoms with Crippen LogP contribution in [0.4, 0.5) is 0 Å². The number of ether oxygens (including phenoxy) is 1. The number of terminal acetylenes is 1. The van der Waals surface area contributed by atoms with E-state index < -0.39 is 0 Å². The third-order valence-electron chi connectivity index (χ3n) is 1.22. The molecule has 0 heterocycles. The minimum absolute atomic E-state index is 0.0650. The molecule has 2 heteroatoms. The highest BCUT2D eigenvalue weighted by atomic mass is 16.5. The van der Waals surface area contributed by atoms with Crippen LogP contribution in [0.25, 0.3) is 0 Å². The summed E-state index contributed by atoms with van der Waals surface area (Å²) in [6, 6.07) is 0. The van der Waals surface area contributed by atoms with Gasteiger partial charge in [0.25, 0.3) is 0 Å². The summed E-state index contributed by atoms with van der Waals surface area (Å²) < 4.78 is 5.09. The SMILES string of the molecule is C#CCOC(CO)CCC. The molecule has 2 nitrogen and oxygen atoms in total. The smallest absolute Gasteiger partial charge is 0.107 e. The van der Waals surface area contributed by atoms with Crippen LogP contribution in [0.15, 0.2) is 0 Å². The van der Waals surface area contributed by atoms with Crippen molar-refractivity contribution in [1.29, 1.82) is 0 Å². The van der Waals surface area contributed by atoms with Crippen molar-refractivity contribution in [1.82, 2.24) is 0 Å². The molecule has 0 aliphatic heterocycles. The van der Waals surface area contributed by atoms with Gasteiger partial charge in [-0.25, -0.2) is 0 Å². The van der Waals surface area contributed by atoms with Crippen molar-refractivity contribution in [2.75, 3.05) is 13.2 Å². The first-order chi connectivity index (χ1) is 4.85. The Bertz CT molecular complexity index is 104. The van der Waals surface area contributed by atoms with Crippen LogP contribution in [0.5, 0.6) is 0 Å². The summed E-state index contributed by atoms with van der Waals surface area (Å²) in [4.78, 5) is 0. The molecule has 0 aromatic carbocycles. The van der Waals surface area contributed by atoms with Gasteiger partial charge in [0, 0.05) is 0 Å². The summed E-state index contributed by atoms with van der Waals surface area (Å²) in [5.74, 6) is 2.36. The van der Waals surface area contributed by atoms with Gasteiger partial charge in [-0.05, 0) is 6.42 Å². The number of aliphatic hydroxyl groups excluding tert-OH is 1. The fraction of sp³-hybridized carbons (Fsp3) is 0.750. The molecule has 0 fully saturated rings. The van der Waals surface area contributed by atoms with E-state index >= 15 is 0 Å². The first-order valence-electron chi connectivity index (χ1n) is 3.51.